The van der Waals surface area contributed by atoms with Crippen LogP contribution in [0.2, 0.25) is 0 Å². The Balaban J connectivity index is 1.23. The molecule has 0 saturated heterocycles. The second-order valence-corrected chi connectivity index (χ2v) is 9.17. The zero-order valence-electron chi connectivity index (χ0n) is 17.9. The maximum Gasteiger partial charge on any atom is 0.234 e. The summed E-state index contributed by atoms with van der Waals surface area (Å²) in [6.45, 7) is 3.04. The summed E-state index contributed by atoms with van der Waals surface area (Å²) in [7, 11) is 0. The molecule has 32 heavy (non-hydrogen) atoms. The Morgan fingerprint density at radius 1 is 0.906 bits per heavy atom. The highest BCUT2D eigenvalue weighted by Crippen LogP contribution is 2.32. The van der Waals surface area contributed by atoms with Crippen molar-refractivity contribution in [3.63, 3.8) is 0 Å². The molecule has 0 unspecified atom stereocenters. The van der Waals surface area contributed by atoms with Crippen LogP contribution in [0.15, 0.2) is 71.6 Å². The Kier molecular flexibility index (Phi) is 5.62. The van der Waals surface area contributed by atoms with Crippen molar-refractivity contribution in [2.45, 2.75) is 31.2 Å². The molecule has 5 rings (SSSR count). The van der Waals surface area contributed by atoms with E-state index in [0.717, 1.165) is 41.0 Å². The van der Waals surface area contributed by atoms with E-state index in [1.165, 1.54) is 28.2 Å². The quantitative estimate of drug-likeness (QED) is 0.350. The first-order valence-electron chi connectivity index (χ1n) is 11.0. The van der Waals surface area contributed by atoms with E-state index in [1.807, 2.05) is 36.4 Å². The number of amides is 2. The van der Waals surface area contributed by atoms with Gasteiger partial charge in [-0.2, -0.15) is 0 Å². The van der Waals surface area contributed by atoms with Crippen molar-refractivity contribution in [2.24, 2.45) is 5.92 Å². The average molecular weight is 444 g/mol. The Morgan fingerprint density at radius 3 is 2.38 bits per heavy atom. The van der Waals surface area contributed by atoms with Crippen molar-refractivity contribution < 1.29 is 9.59 Å². The molecule has 2 N–H and O–H groups in total. The molecule has 3 aromatic carbocycles. The van der Waals surface area contributed by atoms with Gasteiger partial charge < -0.3 is 15.2 Å². The van der Waals surface area contributed by atoms with Crippen molar-refractivity contribution in [3.05, 3.63) is 66.7 Å². The van der Waals surface area contributed by atoms with Gasteiger partial charge >= 0.3 is 0 Å². The van der Waals surface area contributed by atoms with Crippen LogP contribution in [0, 0.1) is 5.92 Å². The lowest BCUT2D eigenvalue weighted by Gasteiger charge is -2.08. The SMILES string of the molecule is CCn1c2ccccc2c2cc(NC(=O)CSc3ccc(NC(=O)C4CC4)cc3)ccc21. The maximum atomic E-state index is 12.5. The van der Waals surface area contributed by atoms with Crippen LogP contribution in [-0.2, 0) is 16.1 Å². The number of benzene rings is 3. The van der Waals surface area contributed by atoms with Crippen LogP contribution >= 0.6 is 11.8 Å². The Morgan fingerprint density at radius 2 is 1.62 bits per heavy atom. The molecule has 2 amide bonds. The second-order valence-electron chi connectivity index (χ2n) is 8.12. The number of rotatable bonds is 7. The molecular weight excluding hydrogens is 418 g/mol. The minimum atomic E-state index is -0.0420. The van der Waals surface area contributed by atoms with Crippen molar-refractivity contribution >= 4 is 56.8 Å². The smallest absolute Gasteiger partial charge is 0.234 e. The molecule has 1 heterocycles. The topological polar surface area (TPSA) is 63.1 Å². The van der Waals surface area contributed by atoms with Gasteiger partial charge in [-0.1, -0.05) is 18.2 Å². The first-order valence-corrected chi connectivity index (χ1v) is 12.0. The van der Waals surface area contributed by atoms with Crippen molar-refractivity contribution in [1.82, 2.24) is 4.57 Å². The molecule has 162 valence electrons. The average Bonchev–Trinajstić information content (AvgIpc) is 3.62. The molecule has 6 heteroatoms. The molecule has 1 saturated carbocycles. The predicted molar refractivity (Wildman–Crippen MR) is 132 cm³/mol. The monoisotopic (exact) mass is 443 g/mol. The van der Waals surface area contributed by atoms with Crippen LogP contribution in [-0.4, -0.2) is 22.1 Å². The maximum absolute atomic E-state index is 12.5. The van der Waals surface area contributed by atoms with Crippen LogP contribution in [0.3, 0.4) is 0 Å². The third kappa shape index (κ3) is 4.23. The summed E-state index contributed by atoms with van der Waals surface area (Å²) in [5.74, 6) is 0.566. The van der Waals surface area contributed by atoms with Gasteiger partial charge in [0.1, 0.15) is 0 Å². The van der Waals surface area contributed by atoms with Gasteiger partial charge in [0.05, 0.1) is 5.75 Å². The van der Waals surface area contributed by atoms with E-state index >= 15 is 0 Å². The Bertz CT molecular complexity index is 1310. The molecule has 1 aliphatic carbocycles. The molecule has 1 aromatic heterocycles. The zero-order valence-corrected chi connectivity index (χ0v) is 18.7. The van der Waals surface area contributed by atoms with Gasteiger partial charge in [0.25, 0.3) is 0 Å². The molecule has 0 atom stereocenters. The molecule has 4 aromatic rings. The lowest BCUT2D eigenvalue weighted by molar-refractivity contribution is -0.117. The van der Waals surface area contributed by atoms with Crippen molar-refractivity contribution in [3.8, 4) is 0 Å². The molecule has 5 nitrogen and oxygen atoms in total. The number of nitrogens with one attached hydrogen (secondary N) is 2. The van der Waals surface area contributed by atoms with Gasteiger partial charge in [-0.25, -0.2) is 0 Å². The van der Waals surface area contributed by atoms with Crippen LogP contribution in [0.4, 0.5) is 11.4 Å². The fraction of sp³-hybridized carbons (Fsp3) is 0.231. The molecule has 0 aliphatic heterocycles. The number of carbonyl (C=O) groups excluding carboxylic acids is 2. The lowest BCUT2D eigenvalue weighted by atomic mass is 10.1. The summed E-state index contributed by atoms with van der Waals surface area (Å²) < 4.78 is 2.29. The number of aromatic nitrogens is 1. The Hall–Kier alpha value is -3.25. The second kappa shape index (κ2) is 8.71. The highest BCUT2D eigenvalue weighted by atomic mass is 32.2. The number of carbonyl (C=O) groups is 2. The number of thioether (sulfide) groups is 1. The van der Waals surface area contributed by atoms with E-state index in [1.54, 1.807) is 0 Å². The van der Waals surface area contributed by atoms with Gasteiger partial charge in [0.15, 0.2) is 0 Å². The number of aryl methyl sites for hydroxylation is 1. The van der Waals surface area contributed by atoms with Gasteiger partial charge in [0, 0.05) is 50.5 Å². The summed E-state index contributed by atoms with van der Waals surface area (Å²) in [6, 6.07) is 22.1. The van der Waals surface area contributed by atoms with E-state index in [0.29, 0.717) is 5.75 Å². The Labute approximate surface area is 191 Å². The molecular formula is C26H25N3O2S. The largest absolute Gasteiger partial charge is 0.341 e. The number of nitrogens with zero attached hydrogens (tertiary/aromatic N) is 1. The van der Waals surface area contributed by atoms with Crippen LogP contribution in [0.1, 0.15) is 19.8 Å². The summed E-state index contributed by atoms with van der Waals surface area (Å²) in [5, 5.41) is 8.31. The van der Waals surface area contributed by atoms with Gasteiger partial charge in [0.2, 0.25) is 11.8 Å². The lowest BCUT2D eigenvalue weighted by Crippen LogP contribution is -2.14. The predicted octanol–water partition coefficient (Wildman–Crippen LogP) is 5.89. The first kappa shape index (κ1) is 20.6. The molecule has 0 spiro atoms. The fourth-order valence-corrected chi connectivity index (χ4v) is 4.74. The van der Waals surface area contributed by atoms with Crippen LogP contribution in [0.5, 0.6) is 0 Å². The van der Waals surface area contributed by atoms with E-state index in [-0.39, 0.29) is 17.7 Å². The molecule has 0 bridgehead atoms. The standard InChI is InChI=1S/C26H25N3O2S/c1-2-29-23-6-4-3-5-21(23)22-15-19(11-14-24(22)29)27-25(30)16-32-20-12-9-18(10-13-20)28-26(31)17-7-8-17/h3-6,9-15,17H,2,7-8,16H2,1H3,(H,27,30)(H,28,31). The normalized spacial score (nSPS) is 13.4. The zero-order chi connectivity index (χ0) is 22.1. The number of para-hydroxylation sites is 1. The number of anilines is 2. The third-order valence-electron chi connectivity index (χ3n) is 5.81. The van der Waals surface area contributed by atoms with Crippen molar-refractivity contribution in [1.29, 1.82) is 0 Å². The summed E-state index contributed by atoms with van der Waals surface area (Å²) >= 11 is 1.48. The number of hydrogen-bond acceptors (Lipinski definition) is 3. The minimum Gasteiger partial charge on any atom is -0.341 e. The van der Waals surface area contributed by atoms with E-state index in [2.05, 4.69) is 52.5 Å². The van der Waals surface area contributed by atoms with E-state index in [4.69, 9.17) is 0 Å². The van der Waals surface area contributed by atoms with Gasteiger partial charge in [-0.15, -0.1) is 11.8 Å². The number of hydrogen-bond donors (Lipinski definition) is 2. The molecule has 1 aliphatic rings. The minimum absolute atomic E-state index is 0.0420. The fourth-order valence-electron chi connectivity index (χ4n) is 4.04. The highest BCUT2D eigenvalue weighted by molar-refractivity contribution is 8.00. The van der Waals surface area contributed by atoms with Gasteiger partial charge in [-0.05, 0) is 68.3 Å². The molecule has 0 radical (unpaired) electrons. The van der Waals surface area contributed by atoms with E-state index < -0.39 is 0 Å². The van der Waals surface area contributed by atoms with Gasteiger partial charge in [-0.3, -0.25) is 9.59 Å². The highest BCUT2D eigenvalue weighted by Gasteiger charge is 2.29. The summed E-state index contributed by atoms with van der Waals surface area (Å²) in [4.78, 5) is 25.4. The molecule has 1 fully saturated rings. The third-order valence-corrected chi connectivity index (χ3v) is 6.82. The summed E-state index contributed by atoms with van der Waals surface area (Å²) in [6.07, 6.45) is 1.98. The number of fused-ring (bicyclic) bond motifs is 3. The summed E-state index contributed by atoms with van der Waals surface area (Å²) in [5.41, 5.74) is 3.99. The first-order chi connectivity index (χ1) is 15.6. The van der Waals surface area contributed by atoms with Crippen LogP contribution < -0.4 is 10.6 Å². The van der Waals surface area contributed by atoms with Crippen molar-refractivity contribution in [2.75, 3.05) is 16.4 Å². The van der Waals surface area contributed by atoms with Crippen LogP contribution in [0.25, 0.3) is 21.8 Å². The van der Waals surface area contributed by atoms with E-state index in [9.17, 15) is 9.59 Å².